The van der Waals surface area contributed by atoms with Gasteiger partial charge in [-0.3, -0.25) is 0 Å². The molecule has 0 unspecified atom stereocenters. The molecule has 0 radical (unpaired) electrons. The van der Waals surface area contributed by atoms with Crippen LogP contribution in [0.5, 0.6) is 0 Å². The highest BCUT2D eigenvalue weighted by Crippen LogP contribution is 2.24. The van der Waals surface area contributed by atoms with E-state index >= 15 is 0 Å². The molecule has 0 saturated carbocycles. The number of hydrogen-bond acceptors (Lipinski definition) is 4. The first kappa shape index (κ1) is 9.21. The third-order valence-corrected chi connectivity index (χ3v) is 3.18. The van der Waals surface area contributed by atoms with E-state index in [-0.39, 0.29) is 0 Å². The number of aromatic nitrogens is 1. The molecule has 0 bridgehead atoms. The Kier molecular flexibility index (Phi) is 3.01. The summed E-state index contributed by atoms with van der Waals surface area (Å²) in [6, 6.07) is 4.17. The van der Waals surface area contributed by atoms with Gasteiger partial charge in [-0.25, -0.2) is 4.98 Å². The van der Waals surface area contributed by atoms with Gasteiger partial charge in [-0.05, 0) is 18.1 Å². The van der Waals surface area contributed by atoms with Gasteiger partial charge >= 0.3 is 0 Å². The Bertz CT molecular complexity index is 291. The standard InChI is InChI=1S/C9H12N2S2/c12-13-7-6-11-5-3-8-2-1-4-10-9(8)11/h1-2,4,12H,3,5-7H2. The second-order valence-corrected chi connectivity index (χ2v) is 4.50. The average Bonchev–Trinajstić information content (AvgIpc) is 2.58. The fraction of sp³-hybridized carbons (Fsp3) is 0.444. The van der Waals surface area contributed by atoms with E-state index in [4.69, 9.17) is 0 Å². The van der Waals surface area contributed by atoms with Crippen LogP contribution in [-0.4, -0.2) is 23.8 Å². The van der Waals surface area contributed by atoms with Crippen LogP contribution < -0.4 is 4.90 Å². The van der Waals surface area contributed by atoms with Crippen LogP contribution in [0.3, 0.4) is 0 Å². The highest BCUT2D eigenvalue weighted by Gasteiger charge is 2.18. The Morgan fingerprint density at radius 3 is 3.38 bits per heavy atom. The van der Waals surface area contributed by atoms with Crippen molar-refractivity contribution in [2.24, 2.45) is 0 Å². The molecule has 2 rings (SSSR count). The molecule has 1 aliphatic rings. The lowest BCUT2D eigenvalue weighted by Crippen LogP contribution is -2.23. The van der Waals surface area contributed by atoms with E-state index in [9.17, 15) is 0 Å². The molecule has 13 heavy (non-hydrogen) atoms. The van der Waals surface area contributed by atoms with Gasteiger partial charge in [-0.2, -0.15) is 0 Å². The van der Waals surface area contributed by atoms with Gasteiger partial charge in [0, 0.05) is 25.0 Å². The lowest BCUT2D eigenvalue weighted by molar-refractivity contribution is 0.864. The van der Waals surface area contributed by atoms with Crippen molar-refractivity contribution in [1.29, 1.82) is 0 Å². The fourth-order valence-electron chi connectivity index (χ4n) is 1.64. The molecule has 4 heteroatoms. The van der Waals surface area contributed by atoms with Crippen molar-refractivity contribution in [3.05, 3.63) is 23.9 Å². The van der Waals surface area contributed by atoms with Crippen LogP contribution in [0.4, 0.5) is 5.82 Å². The summed E-state index contributed by atoms with van der Waals surface area (Å²) in [7, 11) is 1.59. The molecule has 0 atom stereocenters. The Hall–Kier alpha value is -0.350. The summed E-state index contributed by atoms with van der Waals surface area (Å²) in [6.07, 6.45) is 3.01. The second-order valence-electron chi connectivity index (χ2n) is 3.06. The van der Waals surface area contributed by atoms with Gasteiger partial charge in [0.1, 0.15) is 5.82 Å². The normalized spacial score (nSPS) is 14.7. The van der Waals surface area contributed by atoms with Gasteiger partial charge in [-0.15, -0.1) is 11.7 Å². The largest absolute Gasteiger partial charge is 0.355 e. The molecule has 0 spiro atoms. The van der Waals surface area contributed by atoms with E-state index in [0.717, 1.165) is 25.3 Å². The maximum Gasteiger partial charge on any atom is 0.131 e. The van der Waals surface area contributed by atoms with Crippen LogP contribution in [-0.2, 0) is 6.42 Å². The van der Waals surface area contributed by atoms with Crippen molar-refractivity contribution in [3.8, 4) is 0 Å². The smallest absolute Gasteiger partial charge is 0.131 e. The molecule has 0 saturated heterocycles. The first-order valence-electron chi connectivity index (χ1n) is 4.37. The number of thiol groups is 1. The Morgan fingerprint density at radius 2 is 2.54 bits per heavy atom. The first-order valence-corrected chi connectivity index (χ1v) is 6.41. The summed E-state index contributed by atoms with van der Waals surface area (Å²) in [4.78, 5) is 6.72. The summed E-state index contributed by atoms with van der Waals surface area (Å²) < 4.78 is 0. The molecule has 2 nitrogen and oxygen atoms in total. The van der Waals surface area contributed by atoms with Gasteiger partial charge in [0.15, 0.2) is 0 Å². The van der Waals surface area contributed by atoms with Gasteiger partial charge in [-0.1, -0.05) is 16.9 Å². The zero-order valence-electron chi connectivity index (χ0n) is 7.31. The predicted octanol–water partition coefficient (Wildman–Crippen LogP) is 2.02. The Labute approximate surface area is 87.5 Å². The molecular weight excluding hydrogens is 200 g/mol. The molecule has 0 N–H and O–H groups in total. The van der Waals surface area contributed by atoms with E-state index < -0.39 is 0 Å². The predicted molar refractivity (Wildman–Crippen MR) is 61.6 cm³/mol. The topological polar surface area (TPSA) is 16.1 Å². The molecule has 0 aromatic carbocycles. The maximum absolute atomic E-state index is 4.39. The number of hydrogen-bond donors (Lipinski definition) is 1. The molecule has 2 heterocycles. The minimum absolute atomic E-state index is 1.05. The zero-order valence-corrected chi connectivity index (χ0v) is 9.02. The van der Waals surface area contributed by atoms with E-state index in [1.807, 2.05) is 12.3 Å². The van der Waals surface area contributed by atoms with E-state index in [2.05, 4.69) is 27.6 Å². The summed E-state index contributed by atoms with van der Waals surface area (Å²) in [6.45, 7) is 2.17. The van der Waals surface area contributed by atoms with Gasteiger partial charge in [0.25, 0.3) is 0 Å². The number of nitrogens with zero attached hydrogens (tertiary/aromatic N) is 2. The summed E-state index contributed by atoms with van der Waals surface area (Å²) >= 11 is 4.13. The van der Waals surface area contributed by atoms with Crippen molar-refractivity contribution >= 4 is 28.3 Å². The highest BCUT2D eigenvalue weighted by atomic mass is 33.1. The van der Waals surface area contributed by atoms with Gasteiger partial charge in [0.2, 0.25) is 0 Å². The molecule has 0 aliphatic carbocycles. The van der Waals surface area contributed by atoms with Crippen molar-refractivity contribution in [2.75, 3.05) is 23.7 Å². The molecule has 0 fully saturated rings. The molecule has 0 amide bonds. The van der Waals surface area contributed by atoms with Gasteiger partial charge in [0.05, 0.1) is 0 Å². The molecule has 1 aliphatic heterocycles. The van der Waals surface area contributed by atoms with Crippen molar-refractivity contribution in [1.82, 2.24) is 4.98 Å². The maximum atomic E-state index is 4.39. The first-order chi connectivity index (χ1) is 6.42. The van der Waals surface area contributed by atoms with E-state index in [1.54, 1.807) is 10.8 Å². The number of anilines is 1. The SMILES string of the molecule is SSCCN1CCc2cccnc21. The third-order valence-electron chi connectivity index (χ3n) is 2.27. The second kappa shape index (κ2) is 4.24. The third kappa shape index (κ3) is 1.94. The minimum atomic E-state index is 1.05. The Morgan fingerprint density at radius 1 is 1.62 bits per heavy atom. The van der Waals surface area contributed by atoms with Crippen LogP contribution in [0.2, 0.25) is 0 Å². The zero-order chi connectivity index (χ0) is 9.10. The van der Waals surface area contributed by atoms with E-state index in [1.165, 1.54) is 11.4 Å². The van der Waals surface area contributed by atoms with Crippen LogP contribution in [0.15, 0.2) is 18.3 Å². The molecular formula is C9H12N2S2. The number of fused-ring (bicyclic) bond motifs is 1. The van der Waals surface area contributed by atoms with Crippen LogP contribution in [0.1, 0.15) is 5.56 Å². The minimum Gasteiger partial charge on any atom is -0.355 e. The number of pyridine rings is 1. The van der Waals surface area contributed by atoms with E-state index in [0.29, 0.717) is 0 Å². The molecule has 70 valence electrons. The fourth-order valence-corrected chi connectivity index (χ4v) is 2.19. The lowest BCUT2D eigenvalue weighted by atomic mass is 10.2. The van der Waals surface area contributed by atoms with Crippen LogP contribution in [0.25, 0.3) is 0 Å². The molecule has 1 aromatic rings. The number of rotatable bonds is 3. The van der Waals surface area contributed by atoms with Crippen LogP contribution >= 0.6 is 22.5 Å². The monoisotopic (exact) mass is 212 g/mol. The van der Waals surface area contributed by atoms with Crippen LogP contribution in [0, 0.1) is 0 Å². The molecule has 1 aromatic heterocycles. The Balaban J connectivity index is 2.09. The summed E-state index contributed by atoms with van der Waals surface area (Å²) in [5.74, 6) is 2.23. The summed E-state index contributed by atoms with van der Waals surface area (Å²) in [5, 5.41) is 0. The lowest BCUT2D eigenvalue weighted by Gasteiger charge is -2.16. The average molecular weight is 212 g/mol. The van der Waals surface area contributed by atoms with Crippen molar-refractivity contribution in [3.63, 3.8) is 0 Å². The summed E-state index contributed by atoms with van der Waals surface area (Å²) in [5.41, 5.74) is 1.38. The van der Waals surface area contributed by atoms with Gasteiger partial charge < -0.3 is 4.90 Å². The quantitative estimate of drug-likeness (QED) is 0.610. The highest BCUT2D eigenvalue weighted by molar-refractivity contribution is 8.68. The van der Waals surface area contributed by atoms with Crippen molar-refractivity contribution in [2.45, 2.75) is 6.42 Å². The van der Waals surface area contributed by atoms with Crippen molar-refractivity contribution < 1.29 is 0 Å².